The molecule has 3 N–H and O–H groups in total. The fraction of sp³-hybridized carbons (Fsp3) is 0.0588. The SMILES string of the molecule is N#C/C(=C/NCc1cccc(F)c1)C(=O)Nc1ccccc1O. The lowest BCUT2D eigenvalue weighted by molar-refractivity contribution is -0.112. The van der Waals surface area contributed by atoms with Crippen LogP contribution in [-0.2, 0) is 11.3 Å². The van der Waals surface area contributed by atoms with Gasteiger partial charge >= 0.3 is 0 Å². The number of hydrogen-bond acceptors (Lipinski definition) is 4. The summed E-state index contributed by atoms with van der Waals surface area (Å²) in [4.78, 5) is 12.0. The number of nitrogens with one attached hydrogen (secondary N) is 2. The van der Waals surface area contributed by atoms with Gasteiger partial charge in [-0.05, 0) is 29.8 Å². The lowest BCUT2D eigenvalue weighted by Gasteiger charge is -2.07. The number of para-hydroxylation sites is 2. The zero-order chi connectivity index (χ0) is 16.7. The third kappa shape index (κ3) is 4.58. The molecule has 116 valence electrons. The van der Waals surface area contributed by atoms with Crippen LogP contribution in [0.1, 0.15) is 5.56 Å². The Kier molecular flexibility index (Phi) is 5.31. The normalized spacial score (nSPS) is 10.7. The highest BCUT2D eigenvalue weighted by Gasteiger charge is 2.11. The fourth-order valence-electron chi connectivity index (χ4n) is 1.84. The van der Waals surface area contributed by atoms with Gasteiger partial charge in [0.25, 0.3) is 5.91 Å². The fourth-order valence-corrected chi connectivity index (χ4v) is 1.84. The lowest BCUT2D eigenvalue weighted by atomic mass is 10.2. The van der Waals surface area contributed by atoms with Crippen LogP contribution in [0.2, 0.25) is 0 Å². The molecule has 0 fully saturated rings. The van der Waals surface area contributed by atoms with E-state index in [0.717, 1.165) is 0 Å². The minimum Gasteiger partial charge on any atom is -0.506 e. The monoisotopic (exact) mass is 311 g/mol. The van der Waals surface area contributed by atoms with Crippen molar-refractivity contribution >= 4 is 11.6 Å². The average molecular weight is 311 g/mol. The summed E-state index contributed by atoms with van der Waals surface area (Å²) in [7, 11) is 0. The highest BCUT2D eigenvalue weighted by atomic mass is 19.1. The molecule has 23 heavy (non-hydrogen) atoms. The van der Waals surface area contributed by atoms with Crippen molar-refractivity contribution in [3.8, 4) is 11.8 Å². The van der Waals surface area contributed by atoms with Crippen LogP contribution in [0.4, 0.5) is 10.1 Å². The van der Waals surface area contributed by atoms with Gasteiger partial charge in [0, 0.05) is 12.7 Å². The van der Waals surface area contributed by atoms with Crippen LogP contribution in [0, 0.1) is 17.1 Å². The Morgan fingerprint density at radius 2 is 2.04 bits per heavy atom. The predicted octanol–water partition coefficient (Wildman–Crippen LogP) is 2.67. The number of carbonyl (C=O) groups is 1. The van der Waals surface area contributed by atoms with E-state index in [1.54, 1.807) is 30.3 Å². The van der Waals surface area contributed by atoms with Gasteiger partial charge in [0.15, 0.2) is 0 Å². The molecule has 0 heterocycles. The maximum atomic E-state index is 13.0. The molecule has 0 aromatic heterocycles. The van der Waals surface area contributed by atoms with E-state index < -0.39 is 5.91 Å². The smallest absolute Gasteiger partial charge is 0.267 e. The van der Waals surface area contributed by atoms with Gasteiger partial charge < -0.3 is 15.7 Å². The summed E-state index contributed by atoms with van der Waals surface area (Å²) in [6.45, 7) is 0.271. The van der Waals surface area contributed by atoms with Gasteiger partial charge in [0.2, 0.25) is 0 Å². The lowest BCUT2D eigenvalue weighted by Crippen LogP contribution is -2.16. The van der Waals surface area contributed by atoms with Crippen LogP contribution in [-0.4, -0.2) is 11.0 Å². The molecule has 1 amide bonds. The predicted molar refractivity (Wildman–Crippen MR) is 83.7 cm³/mol. The van der Waals surface area contributed by atoms with Crippen LogP contribution in [0.15, 0.2) is 60.3 Å². The maximum Gasteiger partial charge on any atom is 0.267 e. The van der Waals surface area contributed by atoms with Crippen molar-refractivity contribution in [2.75, 3.05) is 5.32 Å². The highest BCUT2D eigenvalue weighted by Crippen LogP contribution is 2.21. The van der Waals surface area contributed by atoms with Crippen molar-refractivity contribution in [1.82, 2.24) is 5.32 Å². The molecule has 0 radical (unpaired) electrons. The molecule has 0 aliphatic rings. The Morgan fingerprint density at radius 1 is 1.26 bits per heavy atom. The molecule has 0 bridgehead atoms. The quantitative estimate of drug-likeness (QED) is 0.450. The standard InChI is InChI=1S/C17H14FN3O2/c18-14-5-3-4-12(8-14)10-20-11-13(9-19)17(23)21-15-6-1-2-7-16(15)22/h1-8,11,20,22H,10H2,(H,21,23)/b13-11-. The van der Waals surface area contributed by atoms with Gasteiger partial charge in [-0.1, -0.05) is 24.3 Å². The Hall–Kier alpha value is -3.33. The van der Waals surface area contributed by atoms with E-state index in [2.05, 4.69) is 10.6 Å². The molecule has 0 spiro atoms. The molecule has 0 aliphatic heterocycles. The first kappa shape index (κ1) is 16.0. The number of nitrogens with zero attached hydrogens (tertiary/aromatic N) is 1. The minimum atomic E-state index is -0.652. The highest BCUT2D eigenvalue weighted by molar-refractivity contribution is 6.07. The third-order valence-corrected chi connectivity index (χ3v) is 2.96. The number of hydrogen-bond donors (Lipinski definition) is 3. The first-order chi connectivity index (χ1) is 11.1. The second-order valence-corrected chi connectivity index (χ2v) is 4.65. The zero-order valence-corrected chi connectivity index (χ0v) is 12.1. The number of benzene rings is 2. The van der Waals surface area contributed by atoms with Crippen molar-refractivity contribution in [3.63, 3.8) is 0 Å². The van der Waals surface area contributed by atoms with Crippen LogP contribution in [0.3, 0.4) is 0 Å². The van der Waals surface area contributed by atoms with Gasteiger partial charge in [-0.3, -0.25) is 4.79 Å². The van der Waals surface area contributed by atoms with Gasteiger partial charge in [-0.25, -0.2) is 4.39 Å². The Balaban J connectivity index is 2.00. The summed E-state index contributed by atoms with van der Waals surface area (Å²) in [5.41, 5.74) is 0.730. The van der Waals surface area contributed by atoms with Crippen molar-refractivity contribution in [2.24, 2.45) is 0 Å². The van der Waals surface area contributed by atoms with Crippen LogP contribution >= 0.6 is 0 Å². The van der Waals surface area contributed by atoms with Crippen molar-refractivity contribution in [2.45, 2.75) is 6.54 Å². The van der Waals surface area contributed by atoms with Crippen LogP contribution in [0.25, 0.3) is 0 Å². The van der Waals surface area contributed by atoms with E-state index >= 15 is 0 Å². The summed E-state index contributed by atoms with van der Waals surface area (Å²) in [6, 6.07) is 14.0. The molecule has 6 heteroatoms. The van der Waals surface area contributed by atoms with E-state index in [0.29, 0.717) is 5.56 Å². The Morgan fingerprint density at radius 3 is 2.74 bits per heavy atom. The molecule has 5 nitrogen and oxygen atoms in total. The molecule has 0 atom stereocenters. The topological polar surface area (TPSA) is 85.2 Å². The minimum absolute atomic E-state index is 0.0918. The Bertz CT molecular complexity index is 781. The summed E-state index contributed by atoms with van der Waals surface area (Å²) in [5.74, 6) is -1.10. The van der Waals surface area contributed by atoms with Gasteiger partial charge in [0.05, 0.1) is 5.69 Å². The molecule has 0 aliphatic carbocycles. The number of rotatable bonds is 5. The number of carbonyl (C=O) groups excluding carboxylic acids is 1. The maximum absolute atomic E-state index is 13.0. The zero-order valence-electron chi connectivity index (χ0n) is 12.1. The van der Waals surface area contributed by atoms with E-state index in [9.17, 15) is 14.3 Å². The molecular weight excluding hydrogens is 297 g/mol. The number of amides is 1. The summed E-state index contributed by atoms with van der Waals surface area (Å²) in [6.07, 6.45) is 1.25. The summed E-state index contributed by atoms with van der Waals surface area (Å²) < 4.78 is 13.0. The number of nitriles is 1. The molecule has 0 saturated heterocycles. The number of aromatic hydroxyl groups is 1. The van der Waals surface area contributed by atoms with Crippen LogP contribution in [0.5, 0.6) is 5.75 Å². The van der Waals surface area contributed by atoms with Crippen molar-refractivity contribution in [3.05, 3.63) is 71.7 Å². The van der Waals surface area contributed by atoms with Crippen LogP contribution < -0.4 is 10.6 Å². The third-order valence-electron chi connectivity index (χ3n) is 2.96. The van der Waals surface area contributed by atoms with Crippen molar-refractivity contribution < 1.29 is 14.3 Å². The number of phenols is 1. The second-order valence-electron chi connectivity index (χ2n) is 4.65. The Labute approximate surface area is 132 Å². The van der Waals surface area contributed by atoms with Gasteiger partial charge in [-0.2, -0.15) is 5.26 Å². The van der Waals surface area contributed by atoms with Gasteiger partial charge in [0.1, 0.15) is 23.2 Å². The number of halogens is 1. The summed E-state index contributed by atoms with van der Waals surface area (Å²) in [5, 5.41) is 23.9. The largest absolute Gasteiger partial charge is 0.506 e. The van der Waals surface area contributed by atoms with E-state index in [1.807, 2.05) is 0 Å². The number of anilines is 1. The first-order valence-electron chi connectivity index (χ1n) is 6.77. The molecule has 2 rings (SSSR count). The molecule has 0 unspecified atom stereocenters. The molecule has 2 aromatic carbocycles. The van der Waals surface area contributed by atoms with E-state index in [1.165, 1.54) is 30.5 Å². The summed E-state index contributed by atoms with van der Waals surface area (Å²) >= 11 is 0. The van der Waals surface area contributed by atoms with Gasteiger partial charge in [-0.15, -0.1) is 0 Å². The first-order valence-corrected chi connectivity index (χ1v) is 6.77. The number of phenolic OH excluding ortho intramolecular Hbond substituents is 1. The molecular formula is C17H14FN3O2. The second kappa shape index (κ2) is 7.61. The molecule has 2 aromatic rings. The van der Waals surface area contributed by atoms with E-state index in [4.69, 9.17) is 5.26 Å². The van der Waals surface area contributed by atoms with E-state index in [-0.39, 0.29) is 29.4 Å². The van der Waals surface area contributed by atoms with Crippen molar-refractivity contribution in [1.29, 1.82) is 5.26 Å². The average Bonchev–Trinajstić information content (AvgIpc) is 2.54. The molecule has 0 saturated carbocycles.